The normalized spacial score (nSPS) is 11.3. The van der Waals surface area contributed by atoms with Crippen molar-refractivity contribution in [3.63, 3.8) is 0 Å². The number of aryl methyl sites for hydroxylation is 2. The van der Waals surface area contributed by atoms with Crippen LogP contribution in [0.25, 0.3) is 0 Å². The second-order valence-corrected chi connectivity index (χ2v) is 5.32. The largest absolute Gasteiger partial charge is 0.252 e. The maximum atomic E-state index is 4.22. The summed E-state index contributed by atoms with van der Waals surface area (Å²) in [5.41, 5.74) is 1.16. The molecule has 0 aliphatic rings. The van der Waals surface area contributed by atoms with E-state index in [4.69, 9.17) is 0 Å². The lowest BCUT2D eigenvalue weighted by Crippen LogP contribution is -2.01. The van der Waals surface area contributed by atoms with Crippen LogP contribution in [0, 0.1) is 5.92 Å². The molecule has 0 aliphatic heterocycles. The Hall–Kier alpha value is -0.860. The lowest BCUT2D eigenvalue weighted by atomic mass is 10.1. The zero-order valence-corrected chi connectivity index (χ0v) is 11.7. The van der Waals surface area contributed by atoms with Gasteiger partial charge in [0.2, 0.25) is 0 Å². The Kier molecular flexibility index (Phi) is 6.90. The van der Waals surface area contributed by atoms with Crippen LogP contribution in [0.4, 0.5) is 0 Å². The average molecular weight is 237 g/mol. The molecule has 98 valence electrons. The van der Waals surface area contributed by atoms with Crippen LogP contribution in [0.2, 0.25) is 0 Å². The molecule has 0 aromatic carbocycles. The van der Waals surface area contributed by atoms with Gasteiger partial charge >= 0.3 is 0 Å². The number of hydrogen-bond donors (Lipinski definition) is 0. The van der Waals surface area contributed by atoms with E-state index < -0.39 is 0 Å². The topological polar surface area (TPSA) is 30.7 Å². The van der Waals surface area contributed by atoms with Crippen molar-refractivity contribution in [2.75, 3.05) is 0 Å². The van der Waals surface area contributed by atoms with Crippen LogP contribution in [0.1, 0.15) is 65.0 Å². The quantitative estimate of drug-likeness (QED) is 0.611. The summed E-state index contributed by atoms with van der Waals surface area (Å²) in [7, 11) is 0. The highest BCUT2D eigenvalue weighted by Crippen LogP contribution is 2.07. The molecule has 0 unspecified atom stereocenters. The van der Waals surface area contributed by atoms with Crippen LogP contribution in [0.15, 0.2) is 6.20 Å². The number of nitrogens with zero attached hydrogens (tertiary/aromatic N) is 3. The van der Waals surface area contributed by atoms with E-state index in [2.05, 4.69) is 37.3 Å². The monoisotopic (exact) mass is 237 g/mol. The number of aromatic nitrogens is 3. The van der Waals surface area contributed by atoms with Gasteiger partial charge in [0.15, 0.2) is 0 Å². The summed E-state index contributed by atoms with van der Waals surface area (Å²) in [4.78, 5) is 0. The van der Waals surface area contributed by atoms with E-state index in [1.807, 2.05) is 4.68 Å². The van der Waals surface area contributed by atoms with Gasteiger partial charge in [-0.05, 0) is 25.2 Å². The summed E-state index contributed by atoms with van der Waals surface area (Å²) >= 11 is 0. The average Bonchev–Trinajstić information content (AvgIpc) is 2.74. The first-order valence-corrected chi connectivity index (χ1v) is 7.11. The van der Waals surface area contributed by atoms with Crippen LogP contribution in [0.3, 0.4) is 0 Å². The molecule has 0 bridgehead atoms. The van der Waals surface area contributed by atoms with Crippen LogP contribution in [-0.4, -0.2) is 15.0 Å². The van der Waals surface area contributed by atoms with Crippen molar-refractivity contribution in [1.29, 1.82) is 0 Å². The Morgan fingerprint density at radius 2 is 1.94 bits per heavy atom. The molecule has 3 heteroatoms. The number of unbranched alkanes of at least 4 members (excludes halogenated alkanes) is 4. The van der Waals surface area contributed by atoms with Gasteiger partial charge in [0.25, 0.3) is 0 Å². The first kappa shape index (κ1) is 14.2. The molecule has 0 atom stereocenters. The third-order valence-electron chi connectivity index (χ3n) is 3.06. The lowest BCUT2D eigenvalue weighted by Gasteiger charge is -2.02. The summed E-state index contributed by atoms with van der Waals surface area (Å²) in [6.45, 7) is 7.73. The second kappa shape index (κ2) is 8.26. The summed E-state index contributed by atoms with van der Waals surface area (Å²) < 4.78 is 1.99. The van der Waals surface area contributed by atoms with Gasteiger partial charge in [-0.3, -0.25) is 4.68 Å². The van der Waals surface area contributed by atoms with E-state index in [0.29, 0.717) is 0 Å². The molecule has 3 nitrogen and oxygen atoms in total. The molecule has 1 aromatic rings. The third kappa shape index (κ3) is 6.44. The highest BCUT2D eigenvalue weighted by molar-refractivity contribution is 4.92. The van der Waals surface area contributed by atoms with Gasteiger partial charge in [0, 0.05) is 12.7 Å². The molecule has 0 amide bonds. The minimum atomic E-state index is 0.733. The Bertz CT molecular complexity index is 291. The van der Waals surface area contributed by atoms with Crippen LogP contribution in [0.5, 0.6) is 0 Å². The van der Waals surface area contributed by atoms with Gasteiger partial charge in [-0.15, -0.1) is 5.10 Å². The van der Waals surface area contributed by atoms with E-state index in [9.17, 15) is 0 Å². The zero-order chi connectivity index (χ0) is 12.5. The van der Waals surface area contributed by atoms with E-state index in [0.717, 1.165) is 24.6 Å². The Balaban J connectivity index is 2.17. The van der Waals surface area contributed by atoms with Crippen LogP contribution in [-0.2, 0) is 13.0 Å². The molecule has 1 heterocycles. The smallest absolute Gasteiger partial charge is 0.0827 e. The van der Waals surface area contributed by atoms with Crippen molar-refractivity contribution in [2.45, 2.75) is 72.3 Å². The summed E-state index contributed by atoms with van der Waals surface area (Å²) in [6, 6.07) is 0. The number of hydrogen-bond acceptors (Lipinski definition) is 2. The van der Waals surface area contributed by atoms with E-state index in [-0.39, 0.29) is 0 Å². The molecule has 0 fully saturated rings. The molecule has 0 spiro atoms. The van der Waals surface area contributed by atoms with Crippen molar-refractivity contribution >= 4 is 0 Å². The maximum absolute atomic E-state index is 4.22. The fraction of sp³-hybridized carbons (Fsp3) is 0.857. The fourth-order valence-electron chi connectivity index (χ4n) is 1.86. The minimum Gasteiger partial charge on any atom is -0.252 e. The second-order valence-electron chi connectivity index (χ2n) is 5.32. The third-order valence-corrected chi connectivity index (χ3v) is 3.06. The molecule has 0 saturated carbocycles. The van der Waals surface area contributed by atoms with E-state index >= 15 is 0 Å². The molecule has 0 aliphatic carbocycles. The predicted molar refractivity (Wildman–Crippen MR) is 71.9 cm³/mol. The maximum Gasteiger partial charge on any atom is 0.0827 e. The molecule has 1 rings (SSSR count). The Morgan fingerprint density at radius 1 is 1.18 bits per heavy atom. The number of rotatable bonds is 9. The fourth-order valence-corrected chi connectivity index (χ4v) is 1.86. The molecule has 0 saturated heterocycles. The first-order valence-electron chi connectivity index (χ1n) is 7.11. The van der Waals surface area contributed by atoms with Crippen LogP contribution >= 0.6 is 0 Å². The van der Waals surface area contributed by atoms with Gasteiger partial charge in [0.05, 0.1) is 5.69 Å². The van der Waals surface area contributed by atoms with E-state index in [1.165, 1.54) is 38.5 Å². The van der Waals surface area contributed by atoms with Crippen LogP contribution < -0.4 is 0 Å². The molecular weight excluding hydrogens is 210 g/mol. The molecule has 0 N–H and O–H groups in total. The highest BCUT2D eigenvalue weighted by atomic mass is 15.4. The first-order chi connectivity index (χ1) is 8.22. The highest BCUT2D eigenvalue weighted by Gasteiger charge is 2.01. The van der Waals surface area contributed by atoms with Gasteiger partial charge in [-0.2, -0.15) is 0 Å². The standard InChI is InChI=1S/C14H27N3/c1-4-5-6-7-8-9-14-12-17(16-15-14)11-10-13(2)3/h12-13H,4-11H2,1-3H3. The zero-order valence-electron chi connectivity index (χ0n) is 11.7. The SMILES string of the molecule is CCCCCCCc1cn(CCC(C)C)nn1. The van der Waals surface area contributed by atoms with Crippen molar-refractivity contribution in [2.24, 2.45) is 5.92 Å². The van der Waals surface area contributed by atoms with Crippen molar-refractivity contribution in [3.05, 3.63) is 11.9 Å². The van der Waals surface area contributed by atoms with E-state index in [1.54, 1.807) is 0 Å². The lowest BCUT2D eigenvalue weighted by molar-refractivity contribution is 0.478. The predicted octanol–water partition coefficient (Wildman–Crippen LogP) is 3.84. The Labute approximate surface area is 106 Å². The van der Waals surface area contributed by atoms with Crippen molar-refractivity contribution in [1.82, 2.24) is 15.0 Å². The van der Waals surface area contributed by atoms with Gasteiger partial charge in [0.1, 0.15) is 0 Å². The molecule has 1 aromatic heterocycles. The molecular formula is C14H27N3. The molecule has 0 radical (unpaired) electrons. The van der Waals surface area contributed by atoms with Gasteiger partial charge < -0.3 is 0 Å². The Morgan fingerprint density at radius 3 is 2.65 bits per heavy atom. The van der Waals surface area contributed by atoms with Crippen molar-refractivity contribution < 1.29 is 0 Å². The molecule has 17 heavy (non-hydrogen) atoms. The van der Waals surface area contributed by atoms with Crippen molar-refractivity contribution in [3.8, 4) is 0 Å². The van der Waals surface area contributed by atoms with Gasteiger partial charge in [-0.25, -0.2) is 0 Å². The van der Waals surface area contributed by atoms with Gasteiger partial charge in [-0.1, -0.05) is 51.7 Å². The summed E-state index contributed by atoms with van der Waals surface area (Å²) in [5, 5.41) is 8.39. The minimum absolute atomic E-state index is 0.733. The summed E-state index contributed by atoms with van der Waals surface area (Å²) in [6.07, 6.45) is 11.0. The summed E-state index contributed by atoms with van der Waals surface area (Å²) in [5.74, 6) is 0.733.